The summed E-state index contributed by atoms with van der Waals surface area (Å²) in [6.45, 7) is 4.34. The number of halogens is 2. The molecular weight excluding hydrogens is 229 g/mol. The Bertz CT molecular complexity index is 323. The molecule has 0 heterocycles. The van der Waals surface area contributed by atoms with E-state index >= 15 is 0 Å². The van der Waals surface area contributed by atoms with Crippen LogP contribution in [0.4, 0.5) is 0 Å². The van der Waals surface area contributed by atoms with Gasteiger partial charge in [0.05, 0.1) is 0 Å². The Morgan fingerprint density at radius 1 is 1.27 bits per heavy atom. The fourth-order valence-electron chi connectivity index (χ4n) is 1.66. The molecule has 15 heavy (non-hydrogen) atoms. The van der Waals surface area contributed by atoms with E-state index in [1.54, 1.807) is 6.07 Å². The van der Waals surface area contributed by atoms with Crippen LogP contribution in [0.25, 0.3) is 0 Å². The van der Waals surface area contributed by atoms with Crippen molar-refractivity contribution in [1.29, 1.82) is 0 Å². The Labute approximate surface area is 102 Å². The zero-order chi connectivity index (χ0) is 11.4. The molecule has 1 rings (SSSR count). The Kier molecular flexibility index (Phi) is 4.91. The van der Waals surface area contributed by atoms with Crippen molar-refractivity contribution in [2.45, 2.75) is 32.7 Å². The van der Waals surface area contributed by atoms with E-state index in [-0.39, 0.29) is 6.04 Å². The van der Waals surface area contributed by atoms with Gasteiger partial charge in [-0.25, -0.2) is 0 Å². The first-order chi connectivity index (χ1) is 6.99. The molecule has 2 N–H and O–H groups in total. The summed E-state index contributed by atoms with van der Waals surface area (Å²) in [7, 11) is 0. The van der Waals surface area contributed by atoms with Gasteiger partial charge in [-0.1, -0.05) is 43.1 Å². The average Bonchev–Trinajstić information content (AvgIpc) is 2.08. The number of nitrogens with two attached hydrogens (primary N) is 1. The molecule has 0 unspecified atom stereocenters. The molecule has 0 aliphatic carbocycles. The van der Waals surface area contributed by atoms with Gasteiger partial charge in [0.1, 0.15) is 0 Å². The van der Waals surface area contributed by atoms with Gasteiger partial charge in [-0.05, 0) is 36.5 Å². The van der Waals surface area contributed by atoms with Crippen molar-refractivity contribution in [2.75, 3.05) is 0 Å². The Hall–Kier alpha value is -0.240. The van der Waals surface area contributed by atoms with Gasteiger partial charge in [0, 0.05) is 16.1 Å². The summed E-state index contributed by atoms with van der Waals surface area (Å²) in [6.07, 6.45) is 1.83. The van der Waals surface area contributed by atoms with Crippen LogP contribution in [-0.2, 0) is 6.42 Å². The molecule has 0 saturated carbocycles. The van der Waals surface area contributed by atoms with E-state index in [1.165, 1.54) is 0 Å². The molecule has 1 atom stereocenters. The minimum Gasteiger partial charge on any atom is -0.327 e. The molecule has 3 heteroatoms. The molecule has 1 aromatic rings. The van der Waals surface area contributed by atoms with Crippen molar-refractivity contribution in [2.24, 2.45) is 11.7 Å². The summed E-state index contributed by atoms with van der Waals surface area (Å²) in [5.41, 5.74) is 7.10. The Morgan fingerprint density at radius 2 is 1.93 bits per heavy atom. The van der Waals surface area contributed by atoms with E-state index in [1.807, 2.05) is 12.1 Å². The van der Waals surface area contributed by atoms with E-state index in [4.69, 9.17) is 28.9 Å². The first-order valence-electron chi connectivity index (χ1n) is 5.18. The van der Waals surface area contributed by atoms with E-state index in [9.17, 15) is 0 Å². The van der Waals surface area contributed by atoms with Gasteiger partial charge in [0.25, 0.3) is 0 Å². The maximum atomic E-state index is 6.07. The quantitative estimate of drug-likeness (QED) is 0.856. The molecule has 0 aliphatic heterocycles. The molecule has 1 aromatic carbocycles. The standard InChI is InChI=1S/C12H17Cl2N/c1-8(2)5-11(15)6-9-3-4-10(13)7-12(9)14/h3-4,7-8,11H,5-6,15H2,1-2H3/t11-/m0/s1. The second-order valence-electron chi connectivity index (χ2n) is 4.33. The lowest BCUT2D eigenvalue weighted by molar-refractivity contribution is 0.493. The molecule has 84 valence electrons. The van der Waals surface area contributed by atoms with Crippen LogP contribution in [0, 0.1) is 5.92 Å². The van der Waals surface area contributed by atoms with Crippen LogP contribution in [0.5, 0.6) is 0 Å². The molecule has 0 aromatic heterocycles. The topological polar surface area (TPSA) is 26.0 Å². The van der Waals surface area contributed by atoms with Crippen LogP contribution in [0.15, 0.2) is 18.2 Å². The van der Waals surface area contributed by atoms with Crippen LogP contribution in [0.2, 0.25) is 10.0 Å². The molecule has 0 aliphatic rings. The van der Waals surface area contributed by atoms with Crippen molar-refractivity contribution in [1.82, 2.24) is 0 Å². The lowest BCUT2D eigenvalue weighted by Crippen LogP contribution is -2.24. The maximum Gasteiger partial charge on any atom is 0.0453 e. The summed E-state index contributed by atoms with van der Waals surface area (Å²) < 4.78 is 0. The molecule has 0 spiro atoms. The van der Waals surface area contributed by atoms with E-state index < -0.39 is 0 Å². The number of benzene rings is 1. The molecule has 0 saturated heterocycles. The van der Waals surface area contributed by atoms with Crippen molar-refractivity contribution in [3.63, 3.8) is 0 Å². The van der Waals surface area contributed by atoms with E-state index in [0.29, 0.717) is 16.0 Å². The van der Waals surface area contributed by atoms with Crippen LogP contribution in [0.3, 0.4) is 0 Å². The fraction of sp³-hybridized carbons (Fsp3) is 0.500. The van der Waals surface area contributed by atoms with Crippen LogP contribution >= 0.6 is 23.2 Å². The van der Waals surface area contributed by atoms with E-state index in [0.717, 1.165) is 18.4 Å². The molecular formula is C12H17Cl2N. The zero-order valence-corrected chi connectivity index (χ0v) is 10.6. The highest BCUT2D eigenvalue weighted by atomic mass is 35.5. The zero-order valence-electron chi connectivity index (χ0n) is 9.13. The number of hydrogen-bond donors (Lipinski definition) is 1. The third kappa shape index (κ3) is 4.42. The monoisotopic (exact) mass is 245 g/mol. The maximum absolute atomic E-state index is 6.07. The van der Waals surface area contributed by atoms with Crippen molar-refractivity contribution in [3.8, 4) is 0 Å². The average molecular weight is 246 g/mol. The SMILES string of the molecule is CC(C)C[C@H](N)Cc1ccc(Cl)cc1Cl. The van der Waals surface area contributed by atoms with Crippen LogP contribution < -0.4 is 5.73 Å². The minimum absolute atomic E-state index is 0.170. The summed E-state index contributed by atoms with van der Waals surface area (Å²) in [6, 6.07) is 5.74. The summed E-state index contributed by atoms with van der Waals surface area (Å²) in [5.74, 6) is 0.617. The summed E-state index contributed by atoms with van der Waals surface area (Å²) >= 11 is 11.9. The van der Waals surface area contributed by atoms with Gasteiger partial charge in [0.2, 0.25) is 0 Å². The highest BCUT2D eigenvalue weighted by Crippen LogP contribution is 2.22. The lowest BCUT2D eigenvalue weighted by Gasteiger charge is -2.14. The van der Waals surface area contributed by atoms with Crippen molar-refractivity contribution >= 4 is 23.2 Å². The molecule has 1 nitrogen and oxygen atoms in total. The first kappa shape index (κ1) is 12.8. The first-order valence-corrected chi connectivity index (χ1v) is 5.94. The van der Waals surface area contributed by atoms with Gasteiger partial charge >= 0.3 is 0 Å². The van der Waals surface area contributed by atoms with Crippen LogP contribution in [0.1, 0.15) is 25.8 Å². The van der Waals surface area contributed by atoms with Gasteiger partial charge in [-0.2, -0.15) is 0 Å². The number of rotatable bonds is 4. The second-order valence-corrected chi connectivity index (χ2v) is 5.17. The Morgan fingerprint density at radius 3 is 2.47 bits per heavy atom. The van der Waals surface area contributed by atoms with Gasteiger partial charge in [-0.3, -0.25) is 0 Å². The largest absolute Gasteiger partial charge is 0.327 e. The molecule has 0 amide bonds. The highest BCUT2D eigenvalue weighted by Gasteiger charge is 2.09. The number of hydrogen-bond acceptors (Lipinski definition) is 1. The predicted octanol–water partition coefficient (Wildman–Crippen LogP) is 3.91. The van der Waals surface area contributed by atoms with E-state index in [2.05, 4.69) is 13.8 Å². The Balaban J connectivity index is 2.64. The molecule has 0 fully saturated rings. The minimum atomic E-state index is 0.170. The fourth-order valence-corrected chi connectivity index (χ4v) is 2.14. The third-order valence-corrected chi connectivity index (χ3v) is 2.86. The normalized spacial score (nSPS) is 13.2. The molecule has 0 radical (unpaired) electrons. The smallest absolute Gasteiger partial charge is 0.0453 e. The van der Waals surface area contributed by atoms with Crippen LogP contribution in [-0.4, -0.2) is 6.04 Å². The van der Waals surface area contributed by atoms with Gasteiger partial charge < -0.3 is 5.73 Å². The lowest BCUT2D eigenvalue weighted by atomic mass is 9.98. The van der Waals surface area contributed by atoms with Gasteiger partial charge in [-0.15, -0.1) is 0 Å². The van der Waals surface area contributed by atoms with Gasteiger partial charge in [0.15, 0.2) is 0 Å². The summed E-state index contributed by atoms with van der Waals surface area (Å²) in [5, 5.41) is 1.38. The highest BCUT2D eigenvalue weighted by molar-refractivity contribution is 6.35. The third-order valence-electron chi connectivity index (χ3n) is 2.27. The van der Waals surface area contributed by atoms with Crippen molar-refractivity contribution < 1.29 is 0 Å². The molecule has 0 bridgehead atoms. The second kappa shape index (κ2) is 5.74. The van der Waals surface area contributed by atoms with Crippen molar-refractivity contribution in [3.05, 3.63) is 33.8 Å². The summed E-state index contributed by atoms with van der Waals surface area (Å²) in [4.78, 5) is 0. The predicted molar refractivity (Wildman–Crippen MR) is 67.6 cm³/mol.